The molecule has 0 saturated heterocycles. The second kappa shape index (κ2) is 7.83. The maximum atomic E-state index is 13.4. The van der Waals surface area contributed by atoms with Gasteiger partial charge in [0.15, 0.2) is 0 Å². The average Bonchev–Trinajstić information content (AvgIpc) is 2.48. The number of hydrogen-bond donors (Lipinski definition) is 1. The van der Waals surface area contributed by atoms with Gasteiger partial charge < -0.3 is 5.32 Å². The van der Waals surface area contributed by atoms with Crippen molar-refractivity contribution in [1.82, 2.24) is 5.32 Å². The third-order valence-corrected chi connectivity index (χ3v) is 4.89. The van der Waals surface area contributed by atoms with Gasteiger partial charge in [0, 0.05) is 16.7 Å². The van der Waals surface area contributed by atoms with E-state index >= 15 is 0 Å². The molecule has 2 aromatic rings. The zero-order chi connectivity index (χ0) is 15.2. The summed E-state index contributed by atoms with van der Waals surface area (Å²) in [5.74, 6) is 0.690. The molecule has 0 aliphatic carbocycles. The van der Waals surface area contributed by atoms with E-state index in [-0.39, 0.29) is 11.9 Å². The molecule has 0 fully saturated rings. The summed E-state index contributed by atoms with van der Waals surface area (Å²) in [6.07, 6.45) is 0. The lowest BCUT2D eigenvalue weighted by molar-refractivity contribution is 0.594. The van der Waals surface area contributed by atoms with Gasteiger partial charge in [0.25, 0.3) is 0 Å². The Labute approximate surface area is 134 Å². The highest BCUT2D eigenvalue weighted by Crippen LogP contribution is 2.30. The molecule has 0 amide bonds. The maximum Gasteiger partial charge on any atom is 0.126 e. The fraction of sp³-hybridized carbons (Fsp3) is 0.294. The van der Waals surface area contributed by atoms with Gasteiger partial charge in [0.05, 0.1) is 5.02 Å². The largest absolute Gasteiger partial charge is 0.309 e. The van der Waals surface area contributed by atoms with Crippen LogP contribution in [0.15, 0.2) is 47.4 Å². The molecule has 1 N–H and O–H groups in total. The fourth-order valence-corrected chi connectivity index (χ4v) is 3.48. The maximum absolute atomic E-state index is 13.4. The molecule has 0 saturated carbocycles. The molecule has 112 valence electrons. The van der Waals surface area contributed by atoms with E-state index in [0.29, 0.717) is 5.56 Å². The van der Waals surface area contributed by atoms with E-state index in [1.54, 1.807) is 18.7 Å². The van der Waals surface area contributed by atoms with Crippen LogP contribution in [0.25, 0.3) is 0 Å². The Balaban J connectivity index is 2.12. The Bertz CT molecular complexity index is 603. The summed E-state index contributed by atoms with van der Waals surface area (Å²) in [4.78, 5) is 1.07. The second-order valence-electron chi connectivity index (χ2n) is 4.86. The summed E-state index contributed by atoms with van der Waals surface area (Å²) in [7, 11) is 0. The van der Waals surface area contributed by atoms with Crippen LogP contribution in [-0.4, -0.2) is 12.3 Å². The van der Waals surface area contributed by atoms with Crippen LogP contribution in [0.3, 0.4) is 0 Å². The van der Waals surface area contributed by atoms with Gasteiger partial charge in [-0.15, -0.1) is 11.8 Å². The SMILES string of the molecule is CCNC(CSc1ccccc1Cl)c1ccc(F)c(C)c1. The minimum atomic E-state index is -0.159. The molecule has 2 aromatic carbocycles. The first kappa shape index (κ1) is 16.3. The highest BCUT2D eigenvalue weighted by atomic mass is 35.5. The van der Waals surface area contributed by atoms with Crippen LogP contribution in [0.4, 0.5) is 4.39 Å². The van der Waals surface area contributed by atoms with Gasteiger partial charge in [-0.25, -0.2) is 4.39 Å². The first-order valence-corrected chi connectivity index (χ1v) is 8.35. The van der Waals surface area contributed by atoms with Crippen molar-refractivity contribution in [3.63, 3.8) is 0 Å². The van der Waals surface area contributed by atoms with E-state index in [2.05, 4.69) is 12.2 Å². The fourth-order valence-electron chi connectivity index (χ4n) is 2.14. The molecule has 4 heteroatoms. The first-order valence-electron chi connectivity index (χ1n) is 6.98. The van der Waals surface area contributed by atoms with E-state index in [1.165, 1.54) is 6.07 Å². The smallest absolute Gasteiger partial charge is 0.126 e. The number of nitrogens with one attached hydrogen (secondary N) is 1. The zero-order valence-electron chi connectivity index (χ0n) is 12.2. The van der Waals surface area contributed by atoms with E-state index in [0.717, 1.165) is 27.8 Å². The van der Waals surface area contributed by atoms with Crippen molar-refractivity contribution in [2.45, 2.75) is 24.8 Å². The lowest BCUT2D eigenvalue weighted by atomic mass is 10.1. The van der Waals surface area contributed by atoms with E-state index < -0.39 is 0 Å². The number of aryl methyl sites for hydroxylation is 1. The van der Waals surface area contributed by atoms with Crippen LogP contribution in [0.5, 0.6) is 0 Å². The van der Waals surface area contributed by atoms with Crippen molar-refractivity contribution in [1.29, 1.82) is 0 Å². The summed E-state index contributed by atoms with van der Waals surface area (Å²) in [6.45, 7) is 4.73. The van der Waals surface area contributed by atoms with E-state index in [9.17, 15) is 4.39 Å². The first-order chi connectivity index (χ1) is 10.1. The second-order valence-corrected chi connectivity index (χ2v) is 6.33. The van der Waals surface area contributed by atoms with Gasteiger partial charge in [0.2, 0.25) is 0 Å². The molecule has 21 heavy (non-hydrogen) atoms. The molecule has 1 unspecified atom stereocenters. The van der Waals surface area contributed by atoms with Gasteiger partial charge >= 0.3 is 0 Å². The molecule has 2 rings (SSSR count). The minimum Gasteiger partial charge on any atom is -0.309 e. The molecule has 1 nitrogen and oxygen atoms in total. The molecule has 0 aliphatic heterocycles. The topological polar surface area (TPSA) is 12.0 Å². The highest BCUT2D eigenvalue weighted by Gasteiger charge is 2.13. The van der Waals surface area contributed by atoms with Crippen molar-refractivity contribution in [2.24, 2.45) is 0 Å². The summed E-state index contributed by atoms with van der Waals surface area (Å²) in [6, 6.07) is 13.3. The molecule has 0 heterocycles. The molecular weight excluding hydrogens is 305 g/mol. The van der Waals surface area contributed by atoms with E-state index in [1.807, 2.05) is 36.4 Å². The molecule has 0 spiro atoms. The van der Waals surface area contributed by atoms with Crippen molar-refractivity contribution >= 4 is 23.4 Å². The Morgan fingerprint density at radius 3 is 2.67 bits per heavy atom. The molecule has 0 bridgehead atoms. The van der Waals surface area contributed by atoms with Crippen molar-refractivity contribution < 1.29 is 4.39 Å². The molecule has 0 aliphatic rings. The van der Waals surface area contributed by atoms with Crippen LogP contribution in [0.1, 0.15) is 24.1 Å². The van der Waals surface area contributed by atoms with Crippen LogP contribution >= 0.6 is 23.4 Å². The summed E-state index contributed by atoms with van der Waals surface area (Å²) in [5.41, 5.74) is 1.79. The van der Waals surface area contributed by atoms with Crippen molar-refractivity contribution in [2.75, 3.05) is 12.3 Å². The van der Waals surface area contributed by atoms with Crippen LogP contribution in [0.2, 0.25) is 5.02 Å². The van der Waals surface area contributed by atoms with Gasteiger partial charge in [-0.2, -0.15) is 0 Å². The molecule has 0 radical (unpaired) electrons. The minimum absolute atomic E-state index is 0.159. The molecule has 0 aromatic heterocycles. The molecule has 1 atom stereocenters. The Kier molecular flexibility index (Phi) is 6.09. The van der Waals surface area contributed by atoms with Crippen LogP contribution in [-0.2, 0) is 0 Å². The van der Waals surface area contributed by atoms with Crippen molar-refractivity contribution in [3.8, 4) is 0 Å². The average molecular weight is 324 g/mol. The van der Waals surface area contributed by atoms with Crippen molar-refractivity contribution in [3.05, 3.63) is 64.4 Å². The lowest BCUT2D eigenvalue weighted by Gasteiger charge is -2.19. The third-order valence-electron chi connectivity index (χ3n) is 3.28. The summed E-state index contributed by atoms with van der Waals surface area (Å²) < 4.78 is 13.4. The Morgan fingerprint density at radius 1 is 1.24 bits per heavy atom. The van der Waals surface area contributed by atoms with E-state index in [4.69, 9.17) is 11.6 Å². The van der Waals surface area contributed by atoms with Gasteiger partial charge in [0.1, 0.15) is 5.82 Å². The lowest BCUT2D eigenvalue weighted by Crippen LogP contribution is -2.23. The number of rotatable bonds is 6. The number of hydrogen-bond acceptors (Lipinski definition) is 2. The number of thioether (sulfide) groups is 1. The van der Waals surface area contributed by atoms with Crippen LogP contribution < -0.4 is 5.32 Å². The monoisotopic (exact) mass is 323 g/mol. The predicted octanol–water partition coefficient (Wildman–Crippen LogP) is 5.23. The highest BCUT2D eigenvalue weighted by molar-refractivity contribution is 7.99. The number of benzene rings is 2. The van der Waals surface area contributed by atoms with Gasteiger partial charge in [-0.05, 0) is 42.8 Å². The number of halogens is 2. The standard InChI is InChI=1S/C17H19ClFNS/c1-3-20-16(13-8-9-15(19)12(2)10-13)11-21-17-7-5-4-6-14(17)18/h4-10,16,20H,3,11H2,1-2H3. The van der Waals surface area contributed by atoms with Gasteiger partial charge in [-0.1, -0.05) is 42.8 Å². The quantitative estimate of drug-likeness (QED) is 0.730. The van der Waals surface area contributed by atoms with Gasteiger partial charge in [-0.3, -0.25) is 0 Å². The summed E-state index contributed by atoms with van der Waals surface area (Å²) >= 11 is 7.90. The van der Waals surface area contributed by atoms with Crippen LogP contribution in [0, 0.1) is 12.7 Å². The molecular formula is C17H19ClFNS. The third kappa shape index (κ3) is 4.47. The Morgan fingerprint density at radius 2 is 2.00 bits per heavy atom. The Hall–Kier alpha value is -1.03. The zero-order valence-corrected chi connectivity index (χ0v) is 13.8. The normalized spacial score (nSPS) is 12.4. The summed E-state index contributed by atoms with van der Waals surface area (Å²) in [5, 5.41) is 4.22. The predicted molar refractivity (Wildman–Crippen MR) is 89.7 cm³/mol.